The fourth-order valence-electron chi connectivity index (χ4n) is 3.48. The van der Waals surface area contributed by atoms with Gasteiger partial charge in [0.15, 0.2) is 5.60 Å². The van der Waals surface area contributed by atoms with Gasteiger partial charge in [0.05, 0.1) is 13.2 Å². The van der Waals surface area contributed by atoms with Crippen molar-refractivity contribution >= 4 is 22.7 Å². The Morgan fingerprint density at radius 2 is 1.96 bits per heavy atom. The van der Waals surface area contributed by atoms with Crippen molar-refractivity contribution < 1.29 is 14.3 Å². The van der Waals surface area contributed by atoms with Crippen LogP contribution in [0.2, 0.25) is 0 Å². The number of carbonyl (C=O) groups excluding carboxylic acids is 2. The third-order valence-corrected chi connectivity index (χ3v) is 4.84. The maximum atomic E-state index is 13.1. The summed E-state index contributed by atoms with van der Waals surface area (Å²) >= 11 is 0. The van der Waals surface area contributed by atoms with Crippen molar-refractivity contribution in [3.63, 3.8) is 0 Å². The summed E-state index contributed by atoms with van der Waals surface area (Å²) in [6.07, 6.45) is 0. The van der Waals surface area contributed by atoms with E-state index in [1.54, 1.807) is 25.9 Å². The predicted molar refractivity (Wildman–Crippen MR) is 96.6 cm³/mol. The minimum absolute atomic E-state index is 0.0718. The average molecular weight is 343 g/mol. The molecular formula is C19H25N3O3. The highest BCUT2D eigenvalue weighted by Gasteiger charge is 2.42. The number of nitrogens with zero attached hydrogens (tertiary/aromatic N) is 3. The van der Waals surface area contributed by atoms with Crippen LogP contribution in [0, 0.1) is 6.92 Å². The van der Waals surface area contributed by atoms with Gasteiger partial charge >= 0.3 is 0 Å². The van der Waals surface area contributed by atoms with Crippen molar-refractivity contribution in [1.29, 1.82) is 0 Å². The highest BCUT2D eigenvalue weighted by atomic mass is 16.5. The number of morpholine rings is 1. The molecule has 1 aliphatic rings. The van der Waals surface area contributed by atoms with Gasteiger partial charge in [-0.05, 0) is 32.0 Å². The number of aromatic nitrogens is 1. The van der Waals surface area contributed by atoms with Crippen LogP contribution in [0.3, 0.4) is 0 Å². The summed E-state index contributed by atoms with van der Waals surface area (Å²) < 4.78 is 7.63. The van der Waals surface area contributed by atoms with E-state index in [9.17, 15) is 9.59 Å². The first-order valence-electron chi connectivity index (χ1n) is 8.44. The normalized spacial score (nSPS) is 20.8. The second-order valence-corrected chi connectivity index (χ2v) is 7.16. The van der Waals surface area contributed by atoms with E-state index in [0.29, 0.717) is 18.8 Å². The summed E-state index contributed by atoms with van der Waals surface area (Å²) in [5, 5.41) is 1.05. The third kappa shape index (κ3) is 3.02. The maximum absolute atomic E-state index is 13.1. The molecule has 0 N–H and O–H groups in total. The quantitative estimate of drug-likeness (QED) is 0.836. The molecule has 0 radical (unpaired) electrons. The molecule has 1 aromatic heterocycles. The number of benzene rings is 1. The molecule has 1 fully saturated rings. The molecule has 6 nitrogen and oxygen atoms in total. The molecule has 0 aliphatic carbocycles. The van der Waals surface area contributed by atoms with Crippen molar-refractivity contribution in [3.8, 4) is 0 Å². The lowest BCUT2D eigenvalue weighted by Gasteiger charge is -2.40. The topological polar surface area (TPSA) is 54.8 Å². The van der Waals surface area contributed by atoms with Crippen LogP contribution in [0.4, 0.5) is 0 Å². The van der Waals surface area contributed by atoms with E-state index >= 15 is 0 Å². The Hall–Kier alpha value is -2.34. The minimum Gasteiger partial charge on any atom is -0.362 e. The lowest BCUT2D eigenvalue weighted by Crippen LogP contribution is -2.59. The van der Waals surface area contributed by atoms with Crippen LogP contribution >= 0.6 is 0 Å². The molecule has 0 saturated carbocycles. The number of hydrogen-bond donors (Lipinski definition) is 0. The van der Waals surface area contributed by atoms with Crippen LogP contribution in [0.5, 0.6) is 0 Å². The molecule has 1 unspecified atom stereocenters. The summed E-state index contributed by atoms with van der Waals surface area (Å²) in [4.78, 5) is 28.7. The largest absolute Gasteiger partial charge is 0.362 e. The molecule has 1 aromatic carbocycles. The van der Waals surface area contributed by atoms with Gasteiger partial charge in [-0.1, -0.05) is 11.6 Å². The first-order valence-corrected chi connectivity index (χ1v) is 8.44. The SMILES string of the molecule is Cc1ccc2c(c1)cc(C(=O)N1CCOC(C)(C(=O)N(C)C)C1)n2C. The van der Waals surface area contributed by atoms with Crippen LogP contribution in [-0.4, -0.2) is 65.6 Å². The third-order valence-electron chi connectivity index (χ3n) is 4.84. The number of rotatable bonds is 2. The average Bonchev–Trinajstić information content (AvgIpc) is 2.89. The predicted octanol–water partition coefficient (Wildman–Crippen LogP) is 1.81. The van der Waals surface area contributed by atoms with Crippen LogP contribution in [0.25, 0.3) is 10.9 Å². The summed E-state index contributed by atoms with van der Waals surface area (Å²) in [7, 11) is 5.30. The smallest absolute Gasteiger partial charge is 0.270 e. The molecule has 2 amide bonds. The van der Waals surface area contributed by atoms with E-state index < -0.39 is 5.60 Å². The number of ether oxygens (including phenoxy) is 1. The van der Waals surface area contributed by atoms with E-state index in [1.165, 1.54) is 4.90 Å². The van der Waals surface area contributed by atoms with E-state index in [4.69, 9.17) is 4.74 Å². The molecule has 25 heavy (non-hydrogen) atoms. The van der Waals surface area contributed by atoms with Crippen LogP contribution in [0.1, 0.15) is 23.0 Å². The Bertz CT molecular complexity index is 840. The Kier molecular flexibility index (Phi) is 4.33. The Morgan fingerprint density at radius 1 is 1.24 bits per heavy atom. The van der Waals surface area contributed by atoms with Gasteiger partial charge in [0.1, 0.15) is 5.69 Å². The van der Waals surface area contributed by atoms with Gasteiger partial charge in [0, 0.05) is 38.6 Å². The second-order valence-electron chi connectivity index (χ2n) is 7.16. The zero-order valence-electron chi connectivity index (χ0n) is 15.5. The van der Waals surface area contributed by atoms with Gasteiger partial charge in [-0.2, -0.15) is 0 Å². The molecule has 2 heterocycles. The standard InChI is InChI=1S/C19H25N3O3/c1-13-6-7-15-14(10-13)11-16(21(15)5)17(23)22-8-9-25-19(2,12-22)18(24)20(3)4/h6-7,10-11H,8-9,12H2,1-5H3. The summed E-state index contributed by atoms with van der Waals surface area (Å²) in [5.74, 6) is -0.199. The molecule has 0 spiro atoms. The van der Waals surface area contributed by atoms with E-state index in [1.807, 2.05) is 36.7 Å². The van der Waals surface area contributed by atoms with Gasteiger partial charge in [-0.3, -0.25) is 9.59 Å². The lowest BCUT2D eigenvalue weighted by molar-refractivity contribution is -0.162. The highest BCUT2D eigenvalue weighted by Crippen LogP contribution is 2.24. The van der Waals surface area contributed by atoms with Crippen LogP contribution < -0.4 is 0 Å². The number of amides is 2. The summed E-state index contributed by atoms with van der Waals surface area (Å²) in [5.41, 5.74) is 1.81. The Labute approximate surface area is 147 Å². The summed E-state index contributed by atoms with van der Waals surface area (Å²) in [6, 6.07) is 8.06. The maximum Gasteiger partial charge on any atom is 0.270 e. The van der Waals surface area contributed by atoms with Gasteiger partial charge in [0.2, 0.25) is 0 Å². The molecule has 0 bridgehead atoms. The van der Waals surface area contributed by atoms with Gasteiger partial charge in [0.25, 0.3) is 11.8 Å². The van der Waals surface area contributed by atoms with E-state index in [2.05, 4.69) is 6.07 Å². The number of carbonyl (C=O) groups is 2. The minimum atomic E-state index is -1.00. The zero-order chi connectivity index (χ0) is 18.4. The molecule has 6 heteroatoms. The van der Waals surface area contributed by atoms with Crippen LogP contribution in [-0.2, 0) is 16.6 Å². The Morgan fingerprint density at radius 3 is 2.64 bits per heavy atom. The monoisotopic (exact) mass is 343 g/mol. The first kappa shape index (κ1) is 17.5. The van der Waals surface area contributed by atoms with Gasteiger partial charge in [-0.15, -0.1) is 0 Å². The first-order chi connectivity index (χ1) is 11.7. The number of aryl methyl sites for hydroxylation is 2. The molecule has 3 rings (SSSR count). The number of hydrogen-bond acceptors (Lipinski definition) is 3. The van der Waals surface area contributed by atoms with Crippen molar-refractivity contribution in [1.82, 2.24) is 14.4 Å². The van der Waals surface area contributed by atoms with Crippen molar-refractivity contribution in [2.24, 2.45) is 7.05 Å². The summed E-state index contributed by atoms with van der Waals surface area (Å²) in [6.45, 7) is 4.87. The van der Waals surface area contributed by atoms with Gasteiger partial charge < -0.3 is 19.1 Å². The highest BCUT2D eigenvalue weighted by molar-refractivity contribution is 5.99. The fraction of sp³-hybridized carbons (Fsp3) is 0.474. The van der Waals surface area contributed by atoms with Gasteiger partial charge in [-0.25, -0.2) is 0 Å². The number of fused-ring (bicyclic) bond motifs is 1. The van der Waals surface area contributed by atoms with Crippen molar-refractivity contribution in [2.45, 2.75) is 19.4 Å². The molecule has 2 aromatic rings. The van der Waals surface area contributed by atoms with Crippen molar-refractivity contribution in [3.05, 3.63) is 35.5 Å². The van der Waals surface area contributed by atoms with Crippen molar-refractivity contribution in [2.75, 3.05) is 33.8 Å². The van der Waals surface area contributed by atoms with Crippen LogP contribution in [0.15, 0.2) is 24.3 Å². The van der Waals surface area contributed by atoms with E-state index in [0.717, 1.165) is 16.5 Å². The number of likely N-dealkylation sites (N-methyl/N-ethyl adjacent to an activating group) is 1. The zero-order valence-corrected chi connectivity index (χ0v) is 15.5. The van der Waals surface area contributed by atoms with E-state index in [-0.39, 0.29) is 18.4 Å². The Balaban J connectivity index is 1.90. The second kappa shape index (κ2) is 6.19. The molecule has 1 saturated heterocycles. The fourth-order valence-corrected chi connectivity index (χ4v) is 3.48. The lowest BCUT2D eigenvalue weighted by atomic mass is 10.0. The molecular weight excluding hydrogens is 318 g/mol. The molecule has 1 atom stereocenters. The molecule has 1 aliphatic heterocycles. The molecule has 134 valence electrons.